The molecule has 2 heterocycles. The van der Waals surface area contributed by atoms with Crippen molar-refractivity contribution >= 4 is 11.8 Å². The second kappa shape index (κ2) is 7.03. The largest absolute Gasteiger partial charge is 0.474 e. The molecule has 1 saturated heterocycles. The molecule has 21 heavy (non-hydrogen) atoms. The van der Waals surface area contributed by atoms with Gasteiger partial charge in [0.15, 0.2) is 0 Å². The first-order chi connectivity index (χ1) is 10.1. The van der Waals surface area contributed by atoms with E-state index in [0.29, 0.717) is 24.7 Å². The van der Waals surface area contributed by atoms with E-state index in [1.807, 2.05) is 0 Å². The number of hydrogen-bond donors (Lipinski definition) is 2. The molecule has 0 aliphatic carbocycles. The van der Waals surface area contributed by atoms with Gasteiger partial charge in [-0.15, -0.1) is 0 Å². The average Bonchev–Trinajstić information content (AvgIpc) is 2.48. The maximum Gasteiger partial charge on any atom is 0.253 e. The summed E-state index contributed by atoms with van der Waals surface area (Å²) >= 11 is 0. The number of nitrogens with two attached hydrogens (primary N) is 1. The number of ether oxygens (including phenoxy) is 2. The lowest BCUT2D eigenvalue weighted by Crippen LogP contribution is -2.42. The molecule has 1 aromatic rings. The molecule has 114 valence electrons. The number of amides is 2. The fraction of sp³-hybridized carbons (Fsp3) is 0.500. The lowest BCUT2D eigenvalue weighted by molar-refractivity contribution is -0.119. The Bertz CT molecular complexity index is 497. The molecule has 3 N–H and O–H groups in total. The van der Waals surface area contributed by atoms with Crippen LogP contribution < -0.4 is 15.8 Å². The lowest BCUT2D eigenvalue weighted by atomic mass is 10.1. The van der Waals surface area contributed by atoms with Crippen LogP contribution in [0.1, 0.15) is 30.1 Å². The van der Waals surface area contributed by atoms with Crippen LogP contribution in [0.4, 0.5) is 0 Å². The monoisotopic (exact) mass is 293 g/mol. The number of carbonyl (C=O) groups is 2. The first kappa shape index (κ1) is 15.2. The molecule has 1 atom stereocenters. The average molecular weight is 293 g/mol. The van der Waals surface area contributed by atoms with Gasteiger partial charge in [0.1, 0.15) is 12.1 Å². The number of nitrogens with one attached hydrogen (secondary N) is 1. The van der Waals surface area contributed by atoms with Crippen molar-refractivity contribution in [3.63, 3.8) is 0 Å². The van der Waals surface area contributed by atoms with Crippen LogP contribution in [0.25, 0.3) is 0 Å². The van der Waals surface area contributed by atoms with E-state index in [1.54, 1.807) is 12.1 Å². The summed E-state index contributed by atoms with van der Waals surface area (Å²) in [6, 6.07) is 2.51. The Morgan fingerprint density at radius 1 is 1.43 bits per heavy atom. The highest BCUT2D eigenvalue weighted by Crippen LogP contribution is 2.15. The smallest absolute Gasteiger partial charge is 0.253 e. The Balaban J connectivity index is 1.91. The zero-order chi connectivity index (χ0) is 15.2. The van der Waals surface area contributed by atoms with E-state index in [4.69, 9.17) is 15.2 Å². The van der Waals surface area contributed by atoms with Gasteiger partial charge >= 0.3 is 0 Å². The number of nitrogens with zero attached hydrogens (tertiary/aromatic N) is 1. The maximum absolute atomic E-state index is 11.8. The van der Waals surface area contributed by atoms with Gasteiger partial charge in [-0.2, -0.15) is 0 Å². The Kier molecular flexibility index (Phi) is 5.10. The third-order valence-corrected chi connectivity index (χ3v) is 3.23. The Morgan fingerprint density at radius 2 is 2.14 bits per heavy atom. The van der Waals surface area contributed by atoms with Crippen LogP contribution in [0.15, 0.2) is 18.3 Å². The standard InChI is InChI=1S/C14H19N3O4/c1-9(13(15)18)17-14(19)10-2-3-12(16-8-10)21-11-4-6-20-7-5-11/h2-3,8-9,11H,4-7H2,1H3,(H2,15,18)(H,17,19). The van der Waals surface area contributed by atoms with Crippen LogP contribution in [0, 0.1) is 0 Å². The molecule has 0 bridgehead atoms. The maximum atomic E-state index is 11.8. The molecule has 1 aliphatic heterocycles. The minimum Gasteiger partial charge on any atom is -0.474 e. The zero-order valence-electron chi connectivity index (χ0n) is 11.9. The van der Waals surface area contributed by atoms with E-state index in [-0.39, 0.29) is 6.10 Å². The van der Waals surface area contributed by atoms with Gasteiger partial charge in [-0.05, 0) is 13.0 Å². The number of primary amides is 1. The Morgan fingerprint density at radius 3 is 2.71 bits per heavy atom. The van der Waals surface area contributed by atoms with Crippen molar-refractivity contribution in [2.24, 2.45) is 5.73 Å². The summed E-state index contributed by atoms with van der Waals surface area (Å²) in [5, 5.41) is 2.49. The molecule has 0 spiro atoms. The summed E-state index contributed by atoms with van der Waals surface area (Å²) in [5.74, 6) is -0.511. The van der Waals surface area contributed by atoms with E-state index in [9.17, 15) is 9.59 Å². The quantitative estimate of drug-likeness (QED) is 0.809. The van der Waals surface area contributed by atoms with Crippen molar-refractivity contribution in [1.82, 2.24) is 10.3 Å². The van der Waals surface area contributed by atoms with Crippen molar-refractivity contribution in [3.05, 3.63) is 23.9 Å². The highest BCUT2D eigenvalue weighted by atomic mass is 16.5. The summed E-state index contributed by atoms with van der Waals surface area (Å²) in [5.41, 5.74) is 5.44. The van der Waals surface area contributed by atoms with Gasteiger partial charge in [-0.3, -0.25) is 9.59 Å². The SMILES string of the molecule is CC(NC(=O)c1ccc(OC2CCOCC2)nc1)C(N)=O. The number of hydrogen-bond acceptors (Lipinski definition) is 5. The molecule has 1 aliphatic rings. The second-order valence-corrected chi connectivity index (χ2v) is 4.91. The molecule has 2 rings (SSSR count). The highest BCUT2D eigenvalue weighted by Gasteiger charge is 2.17. The lowest BCUT2D eigenvalue weighted by Gasteiger charge is -2.22. The van der Waals surface area contributed by atoms with Gasteiger partial charge in [0.25, 0.3) is 5.91 Å². The van der Waals surface area contributed by atoms with Crippen molar-refractivity contribution in [2.45, 2.75) is 31.9 Å². The summed E-state index contributed by atoms with van der Waals surface area (Å²) in [6.07, 6.45) is 3.18. The Labute approximate surface area is 122 Å². The topological polar surface area (TPSA) is 104 Å². The van der Waals surface area contributed by atoms with E-state index in [1.165, 1.54) is 13.1 Å². The molecule has 1 aromatic heterocycles. The molecule has 1 unspecified atom stereocenters. The second-order valence-electron chi connectivity index (χ2n) is 4.91. The molecule has 0 aromatic carbocycles. The fourth-order valence-electron chi connectivity index (χ4n) is 1.90. The normalized spacial score (nSPS) is 17.0. The van der Waals surface area contributed by atoms with Crippen LogP contribution in [0.2, 0.25) is 0 Å². The first-order valence-electron chi connectivity index (χ1n) is 6.87. The minimum absolute atomic E-state index is 0.0980. The van der Waals surface area contributed by atoms with Gasteiger partial charge in [0.05, 0.1) is 18.8 Å². The summed E-state index contributed by atoms with van der Waals surface area (Å²) < 4.78 is 11.0. The predicted molar refractivity (Wildman–Crippen MR) is 74.8 cm³/mol. The van der Waals surface area contributed by atoms with Crippen molar-refractivity contribution in [2.75, 3.05) is 13.2 Å². The number of aromatic nitrogens is 1. The third-order valence-electron chi connectivity index (χ3n) is 3.23. The Hall–Kier alpha value is -2.15. The van der Waals surface area contributed by atoms with E-state index < -0.39 is 17.9 Å². The molecular formula is C14H19N3O4. The predicted octanol–water partition coefficient (Wildman–Crippen LogP) is 0.243. The van der Waals surface area contributed by atoms with Crippen LogP contribution in [0.5, 0.6) is 5.88 Å². The summed E-state index contributed by atoms with van der Waals surface area (Å²) in [6.45, 7) is 2.91. The number of pyridine rings is 1. The molecular weight excluding hydrogens is 274 g/mol. The number of rotatable bonds is 5. The zero-order valence-corrected chi connectivity index (χ0v) is 11.9. The summed E-state index contributed by atoms with van der Waals surface area (Å²) in [7, 11) is 0. The molecule has 7 heteroatoms. The minimum atomic E-state index is -0.726. The molecule has 1 fully saturated rings. The van der Waals surface area contributed by atoms with Crippen LogP contribution in [0.3, 0.4) is 0 Å². The van der Waals surface area contributed by atoms with Crippen LogP contribution in [-0.4, -0.2) is 42.2 Å². The van der Waals surface area contributed by atoms with Gasteiger partial charge < -0.3 is 20.5 Å². The van der Waals surface area contributed by atoms with Gasteiger partial charge in [-0.25, -0.2) is 4.98 Å². The molecule has 0 radical (unpaired) electrons. The highest BCUT2D eigenvalue weighted by molar-refractivity contribution is 5.96. The van der Waals surface area contributed by atoms with E-state index in [0.717, 1.165) is 12.8 Å². The summed E-state index contributed by atoms with van der Waals surface area (Å²) in [4.78, 5) is 26.9. The van der Waals surface area contributed by atoms with Crippen molar-refractivity contribution in [3.8, 4) is 5.88 Å². The van der Waals surface area contributed by atoms with E-state index in [2.05, 4.69) is 10.3 Å². The van der Waals surface area contributed by atoms with Crippen LogP contribution >= 0.6 is 0 Å². The van der Waals surface area contributed by atoms with Crippen molar-refractivity contribution in [1.29, 1.82) is 0 Å². The fourth-order valence-corrected chi connectivity index (χ4v) is 1.90. The van der Waals surface area contributed by atoms with Crippen LogP contribution in [-0.2, 0) is 9.53 Å². The molecule has 7 nitrogen and oxygen atoms in total. The van der Waals surface area contributed by atoms with Crippen molar-refractivity contribution < 1.29 is 19.1 Å². The van der Waals surface area contributed by atoms with Gasteiger partial charge in [0, 0.05) is 25.1 Å². The number of carbonyl (C=O) groups excluding carboxylic acids is 2. The van der Waals surface area contributed by atoms with Gasteiger partial charge in [-0.1, -0.05) is 0 Å². The first-order valence-corrected chi connectivity index (χ1v) is 6.87. The van der Waals surface area contributed by atoms with Gasteiger partial charge in [0.2, 0.25) is 11.8 Å². The molecule has 0 saturated carbocycles. The van der Waals surface area contributed by atoms with E-state index >= 15 is 0 Å². The molecule has 2 amide bonds. The third kappa shape index (κ3) is 4.42.